The molecule has 0 saturated carbocycles. The maximum absolute atomic E-state index is 5.44. The topological polar surface area (TPSA) is 76.7 Å². The largest absolute Gasteiger partial charge is 0.463 e. The number of benzene rings is 1. The van der Waals surface area contributed by atoms with Crippen LogP contribution in [0.3, 0.4) is 0 Å². The van der Waals surface area contributed by atoms with Crippen LogP contribution in [0.25, 0.3) is 32.6 Å². The molecular weight excluding hydrogens is 334 g/mol. The molecule has 4 heterocycles. The minimum Gasteiger partial charge on any atom is -0.463 e. The van der Waals surface area contributed by atoms with E-state index >= 15 is 0 Å². The van der Waals surface area contributed by atoms with E-state index in [4.69, 9.17) is 4.42 Å². The smallest absolute Gasteiger partial charge is 0.152 e. The molecule has 4 aromatic heterocycles. The first kappa shape index (κ1) is 14.1. The molecule has 0 aliphatic carbocycles. The van der Waals surface area contributed by atoms with Crippen LogP contribution >= 0.6 is 11.3 Å². The van der Waals surface area contributed by atoms with Gasteiger partial charge in [-0.25, -0.2) is 15.0 Å². The van der Waals surface area contributed by atoms with Crippen LogP contribution in [0.1, 0.15) is 0 Å². The third-order valence-electron chi connectivity index (χ3n) is 3.89. The van der Waals surface area contributed by atoms with Gasteiger partial charge in [-0.15, -0.1) is 11.3 Å². The van der Waals surface area contributed by atoms with Gasteiger partial charge in [0.15, 0.2) is 5.76 Å². The third-order valence-corrected chi connectivity index (χ3v) is 4.70. The summed E-state index contributed by atoms with van der Waals surface area (Å²) in [5.41, 5.74) is 5.24. The molecule has 5 rings (SSSR count). The summed E-state index contributed by atoms with van der Waals surface area (Å²) >= 11 is 1.62. The molecule has 0 aliphatic rings. The average Bonchev–Trinajstić information content (AvgIpc) is 3.33. The van der Waals surface area contributed by atoms with E-state index in [1.54, 1.807) is 23.8 Å². The first-order valence-electron chi connectivity index (χ1n) is 7.62. The second kappa shape index (κ2) is 5.64. The number of hydrogen-bond donors (Lipinski definition) is 1. The molecule has 0 spiro atoms. The number of pyridine rings is 1. The van der Waals surface area contributed by atoms with Crippen molar-refractivity contribution in [2.45, 2.75) is 0 Å². The van der Waals surface area contributed by atoms with Crippen molar-refractivity contribution < 1.29 is 4.42 Å². The van der Waals surface area contributed by atoms with Gasteiger partial charge in [0.2, 0.25) is 0 Å². The van der Waals surface area contributed by atoms with Gasteiger partial charge in [-0.2, -0.15) is 0 Å². The molecule has 6 nitrogen and oxygen atoms in total. The first-order chi connectivity index (χ1) is 12.4. The van der Waals surface area contributed by atoms with Gasteiger partial charge in [0.05, 0.1) is 33.7 Å². The van der Waals surface area contributed by atoms with E-state index in [9.17, 15) is 0 Å². The van der Waals surface area contributed by atoms with Gasteiger partial charge in [0, 0.05) is 11.1 Å². The van der Waals surface area contributed by atoms with Crippen LogP contribution < -0.4 is 5.32 Å². The molecule has 0 aliphatic heterocycles. The molecule has 0 saturated heterocycles. The molecule has 0 unspecified atom stereocenters. The van der Waals surface area contributed by atoms with Crippen LogP contribution in [0.2, 0.25) is 0 Å². The van der Waals surface area contributed by atoms with Crippen LogP contribution in [0.5, 0.6) is 0 Å². The number of rotatable bonds is 3. The molecule has 0 bridgehead atoms. The number of hydrogen-bond acceptors (Lipinski definition) is 7. The van der Waals surface area contributed by atoms with Crippen LogP contribution in [0.4, 0.5) is 11.5 Å². The average molecular weight is 345 g/mol. The van der Waals surface area contributed by atoms with Gasteiger partial charge in [-0.1, -0.05) is 0 Å². The van der Waals surface area contributed by atoms with Gasteiger partial charge < -0.3 is 9.73 Å². The fourth-order valence-electron chi connectivity index (χ4n) is 2.69. The van der Waals surface area contributed by atoms with Crippen molar-refractivity contribution in [2.24, 2.45) is 0 Å². The van der Waals surface area contributed by atoms with Crippen molar-refractivity contribution in [1.29, 1.82) is 0 Å². The maximum atomic E-state index is 5.44. The van der Waals surface area contributed by atoms with Crippen molar-refractivity contribution in [3.05, 3.63) is 60.7 Å². The first-order valence-corrected chi connectivity index (χ1v) is 8.50. The second-order valence-corrected chi connectivity index (χ2v) is 6.33. The van der Waals surface area contributed by atoms with E-state index in [1.807, 2.05) is 35.8 Å². The quantitative estimate of drug-likeness (QED) is 0.513. The number of nitrogens with one attached hydrogen (secondary N) is 1. The maximum Gasteiger partial charge on any atom is 0.152 e. The number of aromatic nitrogens is 4. The lowest BCUT2D eigenvalue weighted by Gasteiger charge is -2.09. The Kier molecular flexibility index (Phi) is 3.17. The Bertz CT molecular complexity index is 1180. The number of thiazole rings is 1. The Morgan fingerprint density at radius 1 is 0.960 bits per heavy atom. The Balaban J connectivity index is 1.60. The number of fused-ring (bicyclic) bond motifs is 2. The minimum absolute atomic E-state index is 0.709. The Labute approximate surface area is 146 Å². The number of anilines is 2. The zero-order valence-corrected chi connectivity index (χ0v) is 13.7. The lowest BCUT2D eigenvalue weighted by molar-refractivity contribution is 0.580. The summed E-state index contributed by atoms with van der Waals surface area (Å²) in [4.78, 5) is 17.5. The Hall–Kier alpha value is -3.32. The molecule has 5 aromatic rings. The molecule has 1 aromatic carbocycles. The van der Waals surface area contributed by atoms with E-state index < -0.39 is 0 Å². The molecule has 0 amide bonds. The van der Waals surface area contributed by atoms with Gasteiger partial charge in [-0.05, 0) is 36.4 Å². The number of nitrogens with zero attached hydrogens (tertiary/aromatic N) is 4. The van der Waals surface area contributed by atoms with E-state index in [-0.39, 0.29) is 0 Å². The zero-order chi connectivity index (χ0) is 16.6. The highest BCUT2D eigenvalue weighted by Crippen LogP contribution is 2.28. The predicted octanol–water partition coefficient (Wildman–Crippen LogP) is 4.64. The summed E-state index contributed by atoms with van der Waals surface area (Å²) in [6, 6.07) is 11.7. The van der Waals surface area contributed by atoms with Crippen molar-refractivity contribution in [1.82, 2.24) is 19.9 Å². The molecule has 0 atom stereocenters. The SMILES string of the molecule is c1coc(-c2cc3c(Nc4ccc5scnc5c4)ncnc3cn2)c1. The summed E-state index contributed by atoms with van der Waals surface area (Å²) in [5.74, 6) is 1.43. The number of furan rings is 1. The molecule has 0 fully saturated rings. The standard InChI is InChI=1S/C18H11N5OS/c1-2-16(24-5-1)13-7-12-15(8-19-13)20-9-21-18(12)23-11-3-4-17-14(6-11)22-10-25-17/h1-10H,(H,20,21,23). The Morgan fingerprint density at radius 2 is 1.96 bits per heavy atom. The van der Waals surface area contributed by atoms with Crippen LogP contribution in [0, 0.1) is 0 Å². The second-order valence-electron chi connectivity index (χ2n) is 5.45. The van der Waals surface area contributed by atoms with Crippen LogP contribution in [-0.2, 0) is 0 Å². The van der Waals surface area contributed by atoms with E-state index in [0.717, 1.165) is 38.3 Å². The highest BCUT2D eigenvalue weighted by Gasteiger charge is 2.09. The monoisotopic (exact) mass is 345 g/mol. The van der Waals surface area contributed by atoms with Gasteiger partial charge in [-0.3, -0.25) is 4.98 Å². The molecule has 120 valence electrons. The van der Waals surface area contributed by atoms with E-state index in [2.05, 4.69) is 31.3 Å². The summed E-state index contributed by atoms with van der Waals surface area (Å²) in [7, 11) is 0. The fourth-order valence-corrected chi connectivity index (χ4v) is 3.35. The highest BCUT2D eigenvalue weighted by atomic mass is 32.1. The van der Waals surface area contributed by atoms with Crippen LogP contribution in [-0.4, -0.2) is 19.9 Å². The zero-order valence-electron chi connectivity index (χ0n) is 12.9. The van der Waals surface area contributed by atoms with Crippen LogP contribution in [0.15, 0.2) is 65.1 Å². The van der Waals surface area contributed by atoms with Gasteiger partial charge in [0.1, 0.15) is 17.8 Å². The van der Waals surface area contributed by atoms with Gasteiger partial charge in [0.25, 0.3) is 0 Å². The lowest BCUT2D eigenvalue weighted by Crippen LogP contribution is -1.97. The van der Waals surface area contributed by atoms with Gasteiger partial charge >= 0.3 is 0 Å². The molecule has 25 heavy (non-hydrogen) atoms. The fraction of sp³-hybridized carbons (Fsp3) is 0. The molecular formula is C18H11N5OS. The third kappa shape index (κ3) is 2.50. The summed E-state index contributed by atoms with van der Waals surface area (Å²) < 4.78 is 6.59. The van der Waals surface area contributed by atoms with Crippen molar-refractivity contribution in [3.8, 4) is 11.5 Å². The van der Waals surface area contributed by atoms with E-state index in [0.29, 0.717) is 5.76 Å². The van der Waals surface area contributed by atoms with Crippen molar-refractivity contribution in [2.75, 3.05) is 5.32 Å². The highest BCUT2D eigenvalue weighted by molar-refractivity contribution is 7.16. The van der Waals surface area contributed by atoms with Crippen molar-refractivity contribution in [3.63, 3.8) is 0 Å². The molecule has 0 radical (unpaired) electrons. The lowest BCUT2D eigenvalue weighted by atomic mass is 10.2. The summed E-state index contributed by atoms with van der Waals surface area (Å²) in [6.07, 6.45) is 4.88. The molecule has 7 heteroatoms. The Morgan fingerprint density at radius 3 is 2.88 bits per heavy atom. The molecule has 1 N–H and O–H groups in total. The minimum atomic E-state index is 0.709. The van der Waals surface area contributed by atoms with E-state index in [1.165, 1.54) is 6.33 Å². The summed E-state index contributed by atoms with van der Waals surface area (Å²) in [6.45, 7) is 0. The summed E-state index contributed by atoms with van der Waals surface area (Å²) in [5, 5.41) is 4.23. The normalized spacial score (nSPS) is 11.2. The van der Waals surface area contributed by atoms with Crippen molar-refractivity contribution >= 4 is 44.0 Å². The predicted molar refractivity (Wildman–Crippen MR) is 97.9 cm³/mol.